The van der Waals surface area contributed by atoms with Crippen LogP contribution in [0.5, 0.6) is 5.88 Å². The van der Waals surface area contributed by atoms with E-state index in [1.54, 1.807) is 10.9 Å². The minimum Gasteiger partial charge on any atom is -0.475 e. The number of hydrogen-bond acceptors (Lipinski definition) is 6. The molecule has 1 saturated carbocycles. The summed E-state index contributed by atoms with van der Waals surface area (Å²) in [5.41, 5.74) is 1.50. The van der Waals surface area contributed by atoms with E-state index in [1.165, 1.54) is 0 Å². The summed E-state index contributed by atoms with van der Waals surface area (Å²) >= 11 is 6.14. The van der Waals surface area contributed by atoms with E-state index in [2.05, 4.69) is 25.7 Å². The van der Waals surface area contributed by atoms with Crippen LogP contribution in [0.15, 0.2) is 6.20 Å². The Hall–Kier alpha value is -2.09. The van der Waals surface area contributed by atoms with Crippen molar-refractivity contribution in [1.29, 1.82) is 0 Å². The Bertz CT molecular complexity index is 798. The van der Waals surface area contributed by atoms with Crippen molar-refractivity contribution in [3.8, 4) is 5.88 Å². The first-order valence-electron chi connectivity index (χ1n) is 9.03. The summed E-state index contributed by atoms with van der Waals surface area (Å²) in [7, 11) is 0. The van der Waals surface area contributed by atoms with Crippen molar-refractivity contribution < 1.29 is 9.13 Å². The van der Waals surface area contributed by atoms with Crippen LogP contribution in [0.25, 0.3) is 0 Å². The number of ether oxygens (including phenoxy) is 1. The molecule has 2 aromatic heterocycles. The van der Waals surface area contributed by atoms with Crippen molar-refractivity contribution in [3.05, 3.63) is 16.9 Å². The van der Waals surface area contributed by atoms with Crippen molar-refractivity contribution in [2.45, 2.75) is 51.2 Å². The van der Waals surface area contributed by atoms with Gasteiger partial charge in [-0.3, -0.25) is 4.68 Å². The van der Waals surface area contributed by atoms with Crippen LogP contribution in [0.3, 0.4) is 0 Å². The fourth-order valence-electron chi connectivity index (χ4n) is 3.51. The first-order chi connectivity index (χ1) is 12.6. The Morgan fingerprint density at radius 1 is 1.31 bits per heavy atom. The van der Waals surface area contributed by atoms with Gasteiger partial charge in [-0.2, -0.15) is 4.98 Å². The molecule has 2 unspecified atom stereocenters. The van der Waals surface area contributed by atoms with Gasteiger partial charge in [-0.25, -0.2) is 9.37 Å². The lowest BCUT2D eigenvalue weighted by atomic mass is 9.93. The van der Waals surface area contributed by atoms with Gasteiger partial charge in [-0.1, -0.05) is 24.4 Å². The van der Waals surface area contributed by atoms with Gasteiger partial charge in [0, 0.05) is 6.54 Å². The molecule has 9 heteroatoms. The summed E-state index contributed by atoms with van der Waals surface area (Å²) < 4.78 is 22.1. The highest BCUT2D eigenvalue weighted by atomic mass is 35.5. The third-order valence-electron chi connectivity index (χ3n) is 4.91. The van der Waals surface area contributed by atoms with Crippen molar-refractivity contribution >= 4 is 29.1 Å². The number of fused-ring (bicyclic) bond motifs is 3. The van der Waals surface area contributed by atoms with Gasteiger partial charge in [0.1, 0.15) is 16.9 Å². The molecule has 2 aromatic rings. The number of hydrogen-bond donors (Lipinski definition) is 2. The number of halogens is 2. The van der Waals surface area contributed by atoms with E-state index in [9.17, 15) is 4.39 Å². The molecule has 2 aliphatic rings. The predicted molar refractivity (Wildman–Crippen MR) is 98.3 cm³/mol. The number of nitrogens with zero attached hydrogens (tertiary/aromatic N) is 4. The van der Waals surface area contributed by atoms with Crippen molar-refractivity contribution in [2.75, 3.05) is 23.8 Å². The highest BCUT2D eigenvalue weighted by Crippen LogP contribution is 2.37. The lowest BCUT2D eigenvalue weighted by Crippen LogP contribution is -2.26. The van der Waals surface area contributed by atoms with Gasteiger partial charge in [0.25, 0.3) is 5.88 Å². The Labute approximate surface area is 156 Å². The number of rotatable bonds is 1. The zero-order valence-corrected chi connectivity index (χ0v) is 15.4. The maximum Gasteiger partial charge on any atom is 0.257 e. The van der Waals surface area contributed by atoms with E-state index < -0.39 is 6.17 Å². The minimum absolute atomic E-state index is 0.252. The largest absolute Gasteiger partial charge is 0.475 e. The second-order valence-corrected chi connectivity index (χ2v) is 7.13. The molecule has 4 rings (SSSR count). The molecule has 2 atom stereocenters. The molecule has 0 aromatic carbocycles. The third kappa shape index (κ3) is 3.30. The summed E-state index contributed by atoms with van der Waals surface area (Å²) in [5, 5.41) is 11.4. The molecule has 2 bridgehead atoms. The molecule has 0 amide bonds. The quantitative estimate of drug-likeness (QED) is 0.777. The van der Waals surface area contributed by atoms with Crippen molar-refractivity contribution in [1.82, 2.24) is 19.7 Å². The third-order valence-corrected chi connectivity index (χ3v) is 5.19. The average molecular weight is 381 g/mol. The van der Waals surface area contributed by atoms with Crippen LogP contribution >= 0.6 is 11.6 Å². The van der Waals surface area contributed by atoms with E-state index in [1.807, 2.05) is 6.92 Å². The second kappa shape index (κ2) is 7.26. The number of nitrogens with one attached hydrogen (secondary N) is 2. The summed E-state index contributed by atoms with van der Waals surface area (Å²) in [4.78, 5) is 8.65. The summed E-state index contributed by atoms with van der Waals surface area (Å²) in [6, 6.07) is -0.252. The van der Waals surface area contributed by atoms with E-state index >= 15 is 0 Å². The molecule has 1 fully saturated rings. The lowest BCUT2D eigenvalue weighted by Gasteiger charge is -2.27. The zero-order chi connectivity index (χ0) is 18.1. The van der Waals surface area contributed by atoms with Crippen LogP contribution in [0.1, 0.15) is 43.8 Å². The maximum absolute atomic E-state index is 14.5. The first-order valence-corrected chi connectivity index (χ1v) is 9.40. The van der Waals surface area contributed by atoms with Gasteiger partial charge in [0.15, 0.2) is 5.82 Å². The molecular weight excluding hydrogens is 359 g/mol. The van der Waals surface area contributed by atoms with Gasteiger partial charge in [0.2, 0.25) is 5.95 Å². The highest BCUT2D eigenvalue weighted by Gasteiger charge is 2.30. The molecule has 0 saturated heterocycles. The minimum atomic E-state index is -0.885. The Morgan fingerprint density at radius 2 is 2.15 bits per heavy atom. The van der Waals surface area contributed by atoms with Crippen LogP contribution in [0.2, 0.25) is 5.02 Å². The monoisotopic (exact) mass is 380 g/mol. The van der Waals surface area contributed by atoms with Crippen molar-refractivity contribution in [3.63, 3.8) is 0 Å². The molecule has 140 valence electrons. The van der Waals surface area contributed by atoms with Crippen LogP contribution in [-0.4, -0.2) is 39.1 Å². The zero-order valence-electron chi connectivity index (χ0n) is 14.6. The maximum atomic E-state index is 14.5. The van der Waals surface area contributed by atoms with Gasteiger partial charge in [-0.05, 0) is 26.2 Å². The first kappa shape index (κ1) is 17.3. The van der Waals surface area contributed by atoms with Gasteiger partial charge in [-0.15, -0.1) is 5.10 Å². The molecule has 7 nitrogen and oxygen atoms in total. The summed E-state index contributed by atoms with van der Waals surface area (Å²) in [5.74, 6) is 1.43. The standard InChI is InChI=1S/C17H22ClFN6O/c1-10-14-16(24-25(10)13-6-3-2-5-12(13)19)26-8-4-7-20-15-11(18)9-21-17(22-14)23-15/h9,12-13H,2-8H2,1H3,(H2,20,21,22,23). The fraction of sp³-hybridized carbons (Fsp3) is 0.588. The lowest BCUT2D eigenvalue weighted by molar-refractivity contribution is 0.156. The second-order valence-electron chi connectivity index (χ2n) is 6.72. The number of aromatic nitrogens is 4. The van der Waals surface area contributed by atoms with Crippen molar-refractivity contribution in [2.24, 2.45) is 0 Å². The summed E-state index contributed by atoms with van der Waals surface area (Å²) in [6.07, 6.45) is 4.74. The van der Waals surface area contributed by atoms with E-state index in [-0.39, 0.29) is 6.04 Å². The van der Waals surface area contributed by atoms with Crippen LogP contribution in [0.4, 0.5) is 21.8 Å². The van der Waals surface area contributed by atoms with Crippen LogP contribution < -0.4 is 15.4 Å². The Balaban J connectivity index is 1.72. The van der Waals surface area contributed by atoms with Crippen LogP contribution in [-0.2, 0) is 0 Å². The topological polar surface area (TPSA) is 76.9 Å². The Kier molecular flexibility index (Phi) is 4.84. The normalized spacial score (nSPS) is 23.0. The molecule has 1 aliphatic heterocycles. The summed E-state index contributed by atoms with van der Waals surface area (Å²) in [6.45, 7) is 3.07. The molecule has 1 aliphatic carbocycles. The Morgan fingerprint density at radius 3 is 3.00 bits per heavy atom. The predicted octanol–water partition coefficient (Wildman–Crippen LogP) is 4.03. The fourth-order valence-corrected chi connectivity index (χ4v) is 3.67. The van der Waals surface area contributed by atoms with E-state index in [0.717, 1.165) is 31.4 Å². The average Bonchev–Trinajstić information content (AvgIpc) is 2.92. The van der Waals surface area contributed by atoms with E-state index in [0.29, 0.717) is 47.9 Å². The highest BCUT2D eigenvalue weighted by molar-refractivity contribution is 6.32. The van der Waals surface area contributed by atoms with Gasteiger partial charge in [0.05, 0.1) is 24.5 Å². The van der Waals surface area contributed by atoms with E-state index in [4.69, 9.17) is 16.3 Å². The smallest absolute Gasteiger partial charge is 0.257 e. The molecule has 0 radical (unpaired) electrons. The molecule has 2 N–H and O–H groups in total. The number of alkyl halides is 1. The molecule has 26 heavy (non-hydrogen) atoms. The van der Waals surface area contributed by atoms with Crippen LogP contribution in [0, 0.1) is 6.92 Å². The molecular formula is C17H22ClFN6O. The van der Waals surface area contributed by atoms with Gasteiger partial charge >= 0.3 is 0 Å². The van der Waals surface area contributed by atoms with Gasteiger partial charge < -0.3 is 15.4 Å². The molecule has 0 spiro atoms. The molecule has 3 heterocycles. The SMILES string of the molecule is Cc1c2c(nn1C1CCCCC1F)OCCCNc1nc(ncc1Cl)N2. The number of anilines is 3.